The predicted molar refractivity (Wildman–Crippen MR) is 73.3 cm³/mol. The summed E-state index contributed by atoms with van der Waals surface area (Å²) in [6, 6.07) is 0.498. The van der Waals surface area contributed by atoms with Crippen LogP contribution in [0.3, 0.4) is 0 Å². The highest BCUT2D eigenvalue weighted by atomic mass is 15.3. The maximum Gasteiger partial charge on any atom is 0.150 e. The zero-order valence-electron chi connectivity index (χ0n) is 12.1. The molecule has 102 valence electrons. The van der Waals surface area contributed by atoms with E-state index in [1.54, 1.807) is 0 Å². The first-order valence-corrected chi connectivity index (χ1v) is 7.08. The Morgan fingerprint density at radius 1 is 1.17 bits per heavy atom. The lowest BCUT2D eigenvalue weighted by molar-refractivity contribution is 0.281. The van der Waals surface area contributed by atoms with Gasteiger partial charge in [0.05, 0.1) is 6.04 Å². The summed E-state index contributed by atoms with van der Waals surface area (Å²) < 4.78 is 2.30. The van der Waals surface area contributed by atoms with E-state index < -0.39 is 0 Å². The Bertz CT molecular complexity index is 396. The summed E-state index contributed by atoms with van der Waals surface area (Å²) in [7, 11) is 0. The molecule has 2 rings (SSSR count). The Kier molecular flexibility index (Phi) is 3.76. The Labute approximate surface area is 110 Å². The summed E-state index contributed by atoms with van der Waals surface area (Å²) in [5.74, 6) is 1.98. The van der Waals surface area contributed by atoms with E-state index in [1.165, 1.54) is 32.1 Å². The van der Waals surface area contributed by atoms with Crippen LogP contribution in [-0.2, 0) is 0 Å². The third-order valence-electron chi connectivity index (χ3n) is 4.04. The minimum atomic E-state index is -0.0550. The summed E-state index contributed by atoms with van der Waals surface area (Å²) in [6.45, 7) is 8.52. The van der Waals surface area contributed by atoms with Crippen molar-refractivity contribution in [1.82, 2.24) is 14.8 Å². The molecule has 0 saturated heterocycles. The van der Waals surface area contributed by atoms with Gasteiger partial charge in [0.2, 0.25) is 0 Å². The van der Waals surface area contributed by atoms with Crippen LogP contribution in [0.1, 0.15) is 76.6 Å². The van der Waals surface area contributed by atoms with Crippen molar-refractivity contribution in [3.63, 3.8) is 0 Å². The molecular weight excluding hydrogens is 224 g/mol. The number of hydrogen-bond acceptors (Lipinski definition) is 3. The van der Waals surface area contributed by atoms with Crippen LogP contribution in [0.25, 0.3) is 0 Å². The molecule has 1 aliphatic carbocycles. The minimum absolute atomic E-state index is 0.0197. The van der Waals surface area contributed by atoms with E-state index in [9.17, 15) is 0 Å². The van der Waals surface area contributed by atoms with Gasteiger partial charge in [-0.1, -0.05) is 40.0 Å². The second-order valence-corrected chi connectivity index (χ2v) is 6.61. The van der Waals surface area contributed by atoms with Gasteiger partial charge in [-0.25, -0.2) is 0 Å². The van der Waals surface area contributed by atoms with Crippen molar-refractivity contribution in [2.45, 2.75) is 71.9 Å². The van der Waals surface area contributed by atoms with Gasteiger partial charge in [0, 0.05) is 6.04 Å². The van der Waals surface area contributed by atoms with Gasteiger partial charge >= 0.3 is 0 Å². The second kappa shape index (κ2) is 5.00. The van der Waals surface area contributed by atoms with E-state index in [2.05, 4.69) is 35.5 Å². The Morgan fingerprint density at radius 2 is 1.78 bits per heavy atom. The van der Waals surface area contributed by atoms with Crippen LogP contribution in [0, 0.1) is 12.3 Å². The van der Waals surface area contributed by atoms with Gasteiger partial charge < -0.3 is 10.3 Å². The fraction of sp³-hybridized carbons (Fsp3) is 0.857. The molecule has 0 aromatic carbocycles. The van der Waals surface area contributed by atoms with Crippen LogP contribution in [0.5, 0.6) is 0 Å². The average molecular weight is 250 g/mol. The van der Waals surface area contributed by atoms with Gasteiger partial charge in [-0.05, 0) is 25.2 Å². The molecule has 1 atom stereocenters. The van der Waals surface area contributed by atoms with Crippen molar-refractivity contribution in [3.05, 3.63) is 11.6 Å². The van der Waals surface area contributed by atoms with Crippen LogP contribution in [0.2, 0.25) is 0 Å². The number of aryl methyl sites for hydroxylation is 1. The number of hydrogen-bond donors (Lipinski definition) is 1. The summed E-state index contributed by atoms with van der Waals surface area (Å²) in [4.78, 5) is 0. The van der Waals surface area contributed by atoms with Crippen molar-refractivity contribution in [3.8, 4) is 0 Å². The molecule has 1 saturated carbocycles. The molecule has 4 nitrogen and oxygen atoms in total. The lowest BCUT2D eigenvalue weighted by atomic mass is 9.86. The first-order chi connectivity index (χ1) is 8.41. The van der Waals surface area contributed by atoms with Crippen LogP contribution in [0.15, 0.2) is 0 Å². The molecule has 0 radical (unpaired) electrons. The Hall–Kier alpha value is -0.900. The van der Waals surface area contributed by atoms with E-state index in [0.29, 0.717) is 6.04 Å². The summed E-state index contributed by atoms with van der Waals surface area (Å²) in [6.07, 6.45) is 6.46. The summed E-state index contributed by atoms with van der Waals surface area (Å²) in [5.41, 5.74) is 6.39. The molecule has 4 heteroatoms. The lowest BCUT2D eigenvalue weighted by Crippen LogP contribution is -2.31. The van der Waals surface area contributed by atoms with Crippen molar-refractivity contribution in [2.24, 2.45) is 11.1 Å². The molecule has 1 heterocycles. The lowest BCUT2D eigenvalue weighted by Gasteiger charge is -2.31. The molecular formula is C14H26N4. The molecule has 1 aromatic heterocycles. The molecule has 0 bridgehead atoms. The average Bonchev–Trinajstić information content (AvgIpc) is 2.70. The third-order valence-corrected chi connectivity index (χ3v) is 4.04. The Morgan fingerprint density at radius 3 is 2.33 bits per heavy atom. The van der Waals surface area contributed by atoms with Crippen molar-refractivity contribution in [2.75, 3.05) is 0 Å². The zero-order chi connectivity index (χ0) is 13.3. The Balaban J connectivity index is 2.31. The molecule has 2 N–H and O–H groups in total. The fourth-order valence-corrected chi connectivity index (χ4v) is 2.78. The molecule has 1 aliphatic rings. The summed E-state index contributed by atoms with van der Waals surface area (Å²) in [5, 5.41) is 8.60. The third kappa shape index (κ3) is 2.58. The minimum Gasteiger partial charge on any atom is -0.321 e. The van der Waals surface area contributed by atoms with E-state index >= 15 is 0 Å². The van der Waals surface area contributed by atoms with Gasteiger partial charge in [-0.2, -0.15) is 0 Å². The van der Waals surface area contributed by atoms with E-state index in [4.69, 9.17) is 5.73 Å². The first-order valence-electron chi connectivity index (χ1n) is 7.08. The van der Waals surface area contributed by atoms with Gasteiger partial charge in [0.1, 0.15) is 5.82 Å². The van der Waals surface area contributed by atoms with E-state index in [0.717, 1.165) is 11.6 Å². The number of nitrogens with zero attached hydrogens (tertiary/aromatic N) is 3. The first kappa shape index (κ1) is 13.5. The second-order valence-electron chi connectivity index (χ2n) is 6.61. The van der Waals surface area contributed by atoms with E-state index in [-0.39, 0.29) is 11.5 Å². The van der Waals surface area contributed by atoms with Crippen LogP contribution >= 0.6 is 0 Å². The van der Waals surface area contributed by atoms with Crippen molar-refractivity contribution in [1.29, 1.82) is 0 Å². The standard InChI is InChI=1S/C14H26N4/c1-10-16-17-13(12(15)14(2,3)4)18(10)11-8-6-5-7-9-11/h11-12H,5-9,15H2,1-4H3. The molecule has 0 spiro atoms. The monoisotopic (exact) mass is 250 g/mol. The molecule has 18 heavy (non-hydrogen) atoms. The normalized spacial score (nSPS) is 20.1. The molecule has 1 unspecified atom stereocenters. The van der Waals surface area contributed by atoms with Crippen LogP contribution in [0.4, 0.5) is 0 Å². The maximum absolute atomic E-state index is 6.37. The maximum atomic E-state index is 6.37. The highest BCUT2D eigenvalue weighted by Gasteiger charge is 2.30. The fourth-order valence-electron chi connectivity index (χ4n) is 2.78. The van der Waals surface area contributed by atoms with Gasteiger partial charge in [-0.3, -0.25) is 0 Å². The zero-order valence-corrected chi connectivity index (χ0v) is 12.1. The van der Waals surface area contributed by atoms with Crippen molar-refractivity contribution >= 4 is 0 Å². The van der Waals surface area contributed by atoms with Gasteiger partial charge in [-0.15, -0.1) is 10.2 Å². The predicted octanol–water partition coefficient (Wildman–Crippen LogP) is 3.14. The number of rotatable bonds is 2. The smallest absolute Gasteiger partial charge is 0.150 e. The largest absolute Gasteiger partial charge is 0.321 e. The highest BCUT2D eigenvalue weighted by Crippen LogP contribution is 2.35. The molecule has 0 aliphatic heterocycles. The van der Waals surface area contributed by atoms with E-state index in [1.807, 2.05) is 6.92 Å². The topological polar surface area (TPSA) is 56.7 Å². The molecule has 1 aromatic rings. The van der Waals surface area contributed by atoms with Crippen LogP contribution < -0.4 is 5.73 Å². The molecule has 0 amide bonds. The molecule has 1 fully saturated rings. The van der Waals surface area contributed by atoms with Crippen LogP contribution in [-0.4, -0.2) is 14.8 Å². The number of nitrogens with two attached hydrogens (primary N) is 1. The summed E-state index contributed by atoms with van der Waals surface area (Å²) >= 11 is 0. The van der Waals surface area contributed by atoms with Crippen molar-refractivity contribution < 1.29 is 0 Å². The highest BCUT2D eigenvalue weighted by molar-refractivity contribution is 5.05. The number of aromatic nitrogens is 3. The quantitative estimate of drug-likeness (QED) is 0.877. The van der Waals surface area contributed by atoms with Gasteiger partial charge in [0.25, 0.3) is 0 Å². The van der Waals surface area contributed by atoms with Gasteiger partial charge in [0.15, 0.2) is 5.82 Å². The SMILES string of the molecule is Cc1nnc(C(N)C(C)(C)C)n1C1CCCCC1.